The van der Waals surface area contributed by atoms with E-state index in [1.54, 1.807) is 67.8 Å². The van der Waals surface area contributed by atoms with E-state index < -0.39 is 0 Å². The molecule has 0 spiro atoms. The average Bonchev–Trinajstić information content (AvgIpc) is 2.67. The smallest absolute Gasteiger partial charge is 0.255 e. The van der Waals surface area contributed by atoms with E-state index in [9.17, 15) is 9.18 Å². The van der Waals surface area contributed by atoms with Crippen LogP contribution < -0.4 is 14.8 Å². The summed E-state index contributed by atoms with van der Waals surface area (Å²) in [5, 5.41) is 2.82. The summed E-state index contributed by atoms with van der Waals surface area (Å²) < 4.78 is 24.0. The SMILES string of the molecule is COc1ccc(C(=O)Nc2cccc(OCc3cccc(F)c3)c2)cc1. The van der Waals surface area contributed by atoms with Gasteiger partial charge in [0.2, 0.25) is 0 Å². The Morgan fingerprint density at radius 3 is 2.46 bits per heavy atom. The van der Waals surface area contributed by atoms with Crippen LogP contribution in [0.5, 0.6) is 11.5 Å². The van der Waals surface area contributed by atoms with Crippen molar-refractivity contribution in [3.8, 4) is 11.5 Å². The highest BCUT2D eigenvalue weighted by atomic mass is 19.1. The summed E-state index contributed by atoms with van der Waals surface area (Å²) in [7, 11) is 1.57. The second-order valence-corrected chi connectivity index (χ2v) is 5.63. The summed E-state index contributed by atoms with van der Waals surface area (Å²) in [6, 6.07) is 20.1. The molecule has 0 saturated heterocycles. The maximum absolute atomic E-state index is 13.2. The number of anilines is 1. The molecule has 0 aliphatic carbocycles. The Morgan fingerprint density at radius 1 is 0.962 bits per heavy atom. The van der Waals surface area contributed by atoms with E-state index in [2.05, 4.69) is 5.32 Å². The number of halogens is 1. The lowest BCUT2D eigenvalue weighted by molar-refractivity contribution is 0.102. The first-order chi connectivity index (χ1) is 12.6. The lowest BCUT2D eigenvalue weighted by Crippen LogP contribution is -2.11. The number of hydrogen-bond donors (Lipinski definition) is 1. The van der Waals surface area contributed by atoms with Crippen molar-refractivity contribution < 1.29 is 18.7 Å². The Hall–Kier alpha value is -3.34. The highest BCUT2D eigenvalue weighted by Crippen LogP contribution is 2.20. The van der Waals surface area contributed by atoms with Gasteiger partial charge in [0.15, 0.2) is 0 Å². The van der Waals surface area contributed by atoms with Gasteiger partial charge in [-0.25, -0.2) is 4.39 Å². The Balaban J connectivity index is 1.63. The highest BCUT2D eigenvalue weighted by molar-refractivity contribution is 6.04. The number of carbonyl (C=O) groups is 1. The molecule has 0 atom stereocenters. The van der Waals surface area contributed by atoms with Crippen molar-refractivity contribution in [1.29, 1.82) is 0 Å². The fourth-order valence-electron chi connectivity index (χ4n) is 2.40. The molecule has 0 aliphatic heterocycles. The minimum atomic E-state index is -0.299. The van der Waals surface area contributed by atoms with Gasteiger partial charge in [-0.1, -0.05) is 18.2 Å². The number of ether oxygens (including phenoxy) is 2. The van der Waals surface area contributed by atoms with E-state index in [0.717, 1.165) is 5.56 Å². The third kappa shape index (κ3) is 4.60. The van der Waals surface area contributed by atoms with Crippen LogP contribution in [0.15, 0.2) is 72.8 Å². The van der Waals surface area contributed by atoms with Crippen LogP contribution in [0.4, 0.5) is 10.1 Å². The van der Waals surface area contributed by atoms with Gasteiger partial charge in [-0.3, -0.25) is 4.79 Å². The van der Waals surface area contributed by atoms with E-state index in [1.165, 1.54) is 12.1 Å². The van der Waals surface area contributed by atoms with E-state index in [-0.39, 0.29) is 18.3 Å². The van der Waals surface area contributed by atoms with Gasteiger partial charge in [0.25, 0.3) is 5.91 Å². The highest BCUT2D eigenvalue weighted by Gasteiger charge is 2.07. The molecule has 1 amide bonds. The molecule has 132 valence electrons. The van der Waals surface area contributed by atoms with Crippen molar-refractivity contribution in [2.45, 2.75) is 6.61 Å². The summed E-state index contributed by atoms with van der Waals surface area (Å²) in [6.07, 6.45) is 0. The van der Waals surface area contributed by atoms with Gasteiger partial charge in [-0.05, 0) is 54.1 Å². The zero-order valence-electron chi connectivity index (χ0n) is 14.2. The minimum absolute atomic E-state index is 0.227. The van der Waals surface area contributed by atoms with Crippen LogP contribution >= 0.6 is 0 Å². The number of amides is 1. The first kappa shape index (κ1) is 17.5. The van der Waals surface area contributed by atoms with Gasteiger partial charge < -0.3 is 14.8 Å². The van der Waals surface area contributed by atoms with Crippen molar-refractivity contribution in [2.75, 3.05) is 12.4 Å². The van der Waals surface area contributed by atoms with E-state index in [1.807, 2.05) is 0 Å². The quantitative estimate of drug-likeness (QED) is 0.702. The van der Waals surface area contributed by atoms with Crippen molar-refractivity contribution >= 4 is 11.6 Å². The van der Waals surface area contributed by atoms with Crippen molar-refractivity contribution in [3.63, 3.8) is 0 Å². The summed E-state index contributed by atoms with van der Waals surface area (Å²) in [5.41, 5.74) is 1.87. The lowest BCUT2D eigenvalue weighted by Gasteiger charge is -2.10. The second kappa shape index (κ2) is 8.16. The predicted molar refractivity (Wildman–Crippen MR) is 98.1 cm³/mol. The number of methoxy groups -OCH3 is 1. The Labute approximate surface area is 151 Å². The summed E-state index contributed by atoms with van der Waals surface area (Å²) >= 11 is 0. The molecule has 0 aliphatic rings. The average molecular weight is 351 g/mol. The van der Waals surface area contributed by atoms with Crippen LogP contribution in [0.2, 0.25) is 0 Å². The van der Waals surface area contributed by atoms with E-state index in [4.69, 9.17) is 9.47 Å². The summed E-state index contributed by atoms with van der Waals surface area (Å²) in [6.45, 7) is 0.244. The molecule has 1 N–H and O–H groups in total. The van der Waals surface area contributed by atoms with Crippen molar-refractivity contribution in [3.05, 3.63) is 89.7 Å². The van der Waals surface area contributed by atoms with Gasteiger partial charge in [0, 0.05) is 17.3 Å². The fraction of sp³-hybridized carbons (Fsp3) is 0.0952. The Kier molecular flexibility index (Phi) is 5.49. The number of rotatable bonds is 6. The molecule has 3 aromatic rings. The number of carbonyl (C=O) groups excluding carboxylic acids is 1. The van der Waals surface area contributed by atoms with Crippen LogP contribution in [-0.2, 0) is 6.61 Å². The molecular weight excluding hydrogens is 333 g/mol. The van der Waals surface area contributed by atoms with Crippen LogP contribution in [0.3, 0.4) is 0 Å². The lowest BCUT2D eigenvalue weighted by atomic mass is 10.2. The first-order valence-electron chi connectivity index (χ1n) is 8.07. The molecular formula is C21H18FNO3. The molecule has 4 nitrogen and oxygen atoms in total. The number of hydrogen-bond acceptors (Lipinski definition) is 3. The largest absolute Gasteiger partial charge is 0.497 e. The molecule has 0 radical (unpaired) electrons. The molecule has 0 heterocycles. The van der Waals surface area contributed by atoms with Crippen LogP contribution in [0.25, 0.3) is 0 Å². The summed E-state index contributed by atoms with van der Waals surface area (Å²) in [5.74, 6) is 0.748. The van der Waals surface area contributed by atoms with Crippen LogP contribution in [0.1, 0.15) is 15.9 Å². The molecule has 0 fully saturated rings. The Morgan fingerprint density at radius 2 is 1.73 bits per heavy atom. The molecule has 0 bridgehead atoms. The van der Waals surface area contributed by atoms with Crippen LogP contribution in [-0.4, -0.2) is 13.0 Å². The molecule has 26 heavy (non-hydrogen) atoms. The standard InChI is InChI=1S/C21H18FNO3/c1-25-19-10-8-16(9-11-19)21(24)23-18-6-3-7-20(13-18)26-14-15-4-2-5-17(22)12-15/h2-13H,14H2,1H3,(H,23,24). The normalized spacial score (nSPS) is 10.2. The van der Waals surface area contributed by atoms with Crippen LogP contribution in [0, 0.1) is 5.82 Å². The second-order valence-electron chi connectivity index (χ2n) is 5.63. The zero-order valence-corrected chi connectivity index (χ0v) is 14.2. The minimum Gasteiger partial charge on any atom is -0.497 e. The molecule has 3 rings (SSSR count). The molecule has 0 unspecified atom stereocenters. The number of nitrogens with one attached hydrogen (secondary N) is 1. The molecule has 3 aromatic carbocycles. The van der Waals surface area contributed by atoms with Crippen molar-refractivity contribution in [2.24, 2.45) is 0 Å². The fourth-order valence-corrected chi connectivity index (χ4v) is 2.40. The van der Waals surface area contributed by atoms with E-state index in [0.29, 0.717) is 22.7 Å². The molecule has 0 aromatic heterocycles. The van der Waals surface area contributed by atoms with Crippen molar-refractivity contribution in [1.82, 2.24) is 0 Å². The van der Waals surface area contributed by atoms with Gasteiger partial charge in [0.05, 0.1) is 7.11 Å². The monoisotopic (exact) mass is 351 g/mol. The maximum Gasteiger partial charge on any atom is 0.255 e. The number of benzene rings is 3. The van der Waals surface area contributed by atoms with Gasteiger partial charge in [0.1, 0.15) is 23.9 Å². The molecule has 5 heteroatoms. The zero-order chi connectivity index (χ0) is 18.4. The maximum atomic E-state index is 13.2. The summed E-state index contributed by atoms with van der Waals surface area (Å²) in [4.78, 5) is 12.3. The Bertz CT molecular complexity index is 894. The predicted octanol–water partition coefficient (Wildman–Crippen LogP) is 4.67. The van der Waals surface area contributed by atoms with Gasteiger partial charge in [-0.15, -0.1) is 0 Å². The topological polar surface area (TPSA) is 47.6 Å². The van der Waals surface area contributed by atoms with Gasteiger partial charge >= 0.3 is 0 Å². The first-order valence-corrected chi connectivity index (χ1v) is 8.07. The van der Waals surface area contributed by atoms with E-state index >= 15 is 0 Å². The molecule has 0 saturated carbocycles. The third-order valence-electron chi connectivity index (χ3n) is 3.74. The van der Waals surface area contributed by atoms with Gasteiger partial charge in [-0.2, -0.15) is 0 Å². The third-order valence-corrected chi connectivity index (χ3v) is 3.74.